The molecule has 0 aromatic heterocycles. The summed E-state index contributed by atoms with van der Waals surface area (Å²) in [5.41, 5.74) is 3.43. The van der Waals surface area contributed by atoms with Gasteiger partial charge in [0.1, 0.15) is 18.4 Å². The van der Waals surface area contributed by atoms with E-state index in [1.807, 2.05) is 25.1 Å². The molecule has 1 aliphatic rings. The lowest BCUT2D eigenvalue weighted by Gasteiger charge is -2.39. The number of benzene rings is 2. The van der Waals surface area contributed by atoms with Crippen molar-refractivity contribution < 1.29 is 23.6 Å². The maximum atomic E-state index is 13.4. The fourth-order valence-corrected chi connectivity index (χ4v) is 4.48. The average molecular weight is 431 g/mol. The Balaban J connectivity index is 2.00. The minimum atomic E-state index is -0.236. The predicted octanol–water partition coefficient (Wildman–Crippen LogP) is 2.62. The zero-order chi connectivity index (χ0) is 22.4. The number of urea groups is 1. The first kappa shape index (κ1) is 22.9. The highest BCUT2D eigenvalue weighted by atomic mass is 19.1. The fraction of sp³-hybridized carbons (Fsp3) is 0.458. The molecule has 2 aromatic carbocycles. The molecular weight excluding hydrogens is 397 g/mol. The first-order valence-corrected chi connectivity index (χ1v) is 10.9. The molecule has 0 bridgehead atoms. The SMILES string of the molecule is CCNC(=O)N[C@H](CC)[C@H]1c2cc(OC)c(OC)cc2CC[NH+]1Cc1ccc(F)cc1. The summed E-state index contributed by atoms with van der Waals surface area (Å²) < 4.78 is 24.5. The number of halogens is 1. The maximum Gasteiger partial charge on any atom is 0.315 e. The second-order valence-corrected chi connectivity index (χ2v) is 7.86. The van der Waals surface area contributed by atoms with Crippen molar-refractivity contribution in [2.45, 2.75) is 45.3 Å². The molecule has 6 nitrogen and oxygen atoms in total. The Hall–Kier alpha value is -2.80. The van der Waals surface area contributed by atoms with Crippen LogP contribution in [0.4, 0.5) is 9.18 Å². The number of methoxy groups -OCH3 is 2. The van der Waals surface area contributed by atoms with E-state index in [0.717, 1.165) is 37.1 Å². The van der Waals surface area contributed by atoms with Crippen LogP contribution in [0.25, 0.3) is 0 Å². The number of rotatable bonds is 8. The molecule has 1 heterocycles. The first-order valence-electron chi connectivity index (χ1n) is 10.9. The first-order chi connectivity index (χ1) is 15.0. The van der Waals surface area contributed by atoms with Crippen molar-refractivity contribution in [2.24, 2.45) is 0 Å². The van der Waals surface area contributed by atoms with Gasteiger partial charge in [-0.15, -0.1) is 0 Å². The topological polar surface area (TPSA) is 64.0 Å². The Kier molecular flexibility index (Phi) is 7.74. The molecule has 3 rings (SSSR count). The number of nitrogens with one attached hydrogen (secondary N) is 3. The van der Waals surface area contributed by atoms with Crippen molar-refractivity contribution in [3.63, 3.8) is 0 Å². The minimum Gasteiger partial charge on any atom is -0.493 e. The minimum absolute atomic E-state index is 0.0289. The molecular formula is C24H33FN3O3+. The van der Waals surface area contributed by atoms with Crippen LogP contribution in [0.5, 0.6) is 11.5 Å². The average Bonchev–Trinajstić information content (AvgIpc) is 2.78. The van der Waals surface area contributed by atoms with E-state index >= 15 is 0 Å². The van der Waals surface area contributed by atoms with Gasteiger partial charge in [-0.05, 0) is 43.2 Å². The molecule has 0 saturated carbocycles. The molecule has 1 aliphatic heterocycles. The smallest absolute Gasteiger partial charge is 0.315 e. The van der Waals surface area contributed by atoms with E-state index in [-0.39, 0.29) is 23.9 Å². The van der Waals surface area contributed by atoms with E-state index in [9.17, 15) is 9.18 Å². The highest BCUT2D eigenvalue weighted by molar-refractivity contribution is 5.74. The molecule has 0 spiro atoms. The van der Waals surface area contributed by atoms with Crippen molar-refractivity contribution in [1.82, 2.24) is 10.6 Å². The van der Waals surface area contributed by atoms with Crippen LogP contribution in [-0.2, 0) is 13.0 Å². The van der Waals surface area contributed by atoms with Crippen molar-refractivity contribution >= 4 is 6.03 Å². The Labute approximate surface area is 183 Å². The van der Waals surface area contributed by atoms with E-state index in [0.29, 0.717) is 18.0 Å². The number of amides is 2. The van der Waals surface area contributed by atoms with E-state index < -0.39 is 0 Å². The Morgan fingerprint density at radius 3 is 2.45 bits per heavy atom. The van der Waals surface area contributed by atoms with Gasteiger partial charge in [0.15, 0.2) is 11.5 Å². The fourth-order valence-electron chi connectivity index (χ4n) is 4.48. The molecule has 31 heavy (non-hydrogen) atoms. The molecule has 0 aliphatic carbocycles. The predicted molar refractivity (Wildman–Crippen MR) is 118 cm³/mol. The number of quaternary nitrogens is 1. The normalized spacial score (nSPS) is 18.6. The molecule has 2 aromatic rings. The number of carbonyl (C=O) groups excluding carboxylic acids is 1. The van der Waals surface area contributed by atoms with Crippen molar-refractivity contribution in [3.8, 4) is 11.5 Å². The number of ether oxygens (including phenoxy) is 2. The van der Waals surface area contributed by atoms with Gasteiger partial charge in [0.2, 0.25) is 0 Å². The summed E-state index contributed by atoms with van der Waals surface area (Å²) in [4.78, 5) is 13.7. The second-order valence-electron chi connectivity index (χ2n) is 7.86. The van der Waals surface area contributed by atoms with E-state index in [1.54, 1.807) is 14.2 Å². The lowest BCUT2D eigenvalue weighted by molar-refractivity contribution is -0.948. The highest BCUT2D eigenvalue weighted by Gasteiger charge is 2.38. The summed E-state index contributed by atoms with van der Waals surface area (Å²) in [6.07, 6.45) is 1.67. The van der Waals surface area contributed by atoms with Gasteiger partial charge in [0.05, 0.1) is 26.8 Å². The quantitative estimate of drug-likeness (QED) is 0.603. The van der Waals surface area contributed by atoms with Crippen LogP contribution < -0.4 is 25.0 Å². The van der Waals surface area contributed by atoms with Gasteiger partial charge in [-0.3, -0.25) is 0 Å². The molecule has 3 N–H and O–H groups in total. The Morgan fingerprint density at radius 1 is 1.16 bits per heavy atom. The molecule has 168 valence electrons. The molecule has 3 atom stereocenters. The van der Waals surface area contributed by atoms with Crippen molar-refractivity contribution in [2.75, 3.05) is 27.3 Å². The Morgan fingerprint density at radius 2 is 1.84 bits per heavy atom. The molecule has 7 heteroatoms. The van der Waals surface area contributed by atoms with Gasteiger partial charge in [0.25, 0.3) is 0 Å². The van der Waals surface area contributed by atoms with Gasteiger partial charge in [-0.1, -0.05) is 19.1 Å². The second kappa shape index (κ2) is 10.5. The third-order valence-electron chi connectivity index (χ3n) is 5.98. The standard InChI is InChI=1S/C24H32FN3O3/c1-5-20(27-24(29)26-6-2)23-19-14-22(31-4)21(30-3)13-17(19)11-12-28(23)15-16-7-9-18(25)10-8-16/h7-10,13-14,20,23H,5-6,11-12,15H2,1-4H3,(H2,26,27,29)/p+1/t20-,23-/m1/s1. The summed E-state index contributed by atoms with van der Waals surface area (Å²) in [6.45, 7) is 6.20. The summed E-state index contributed by atoms with van der Waals surface area (Å²) in [5, 5.41) is 6.01. The van der Waals surface area contributed by atoms with Crippen LogP contribution in [0.2, 0.25) is 0 Å². The van der Waals surface area contributed by atoms with Gasteiger partial charge in [-0.2, -0.15) is 0 Å². The summed E-state index contributed by atoms with van der Waals surface area (Å²) in [6, 6.07) is 10.6. The monoisotopic (exact) mass is 430 g/mol. The highest BCUT2D eigenvalue weighted by Crippen LogP contribution is 2.35. The van der Waals surface area contributed by atoms with E-state index in [1.165, 1.54) is 22.6 Å². The summed E-state index contributed by atoms with van der Waals surface area (Å²) in [7, 11) is 3.28. The van der Waals surface area contributed by atoms with Crippen LogP contribution in [-0.4, -0.2) is 39.4 Å². The lowest BCUT2D eigenvalue weighted by atomic mass is 9.86. The lowest BCUT2D eigenvalue weighted by Crippen LogP contribution is -3.13. The number of hydrogen-bond acceptors (Lipinski definition) is 3. The van der Waals surface area contributed by atoms with Crippen molar-refractivity contribution in [1.29, 1.82) is 0 Å². The van der Waals surface area contributed by atoms with Crippen LogP contribution in [0.15, 0.2) is 36.4 Å². The third-order valence-corrected chi connectivity index (χ3v) is 5.98. The van der Waals surface area contributed by atoms with Gasteiger partial charge < -0.3 is 25.0 Å². The van der Waals surface area contributed by atoms with Crippen LogP contribution in [0.1, 0.15) is 43.0 Å². The summed E-state index contributed by atoms with van der Waals surface area (Å²) >= 11 is 0. The van der Waals surface area contributed by atoms with E-state index in [2.05, 4.69) is 23.6 Å². The summed E-state index contributed by atoms with van der Waals surface area (Å²) in [5.74, 6) is 1.16. The Bertz CT molecular complexity index is 888. The number of hydrogen-bond donors (Lipinski definition) is 3. The molecule has 0 radical (unpaired) electrons. The van der Waals surface area contributed by atoms with E-state index in [4.69, 9.17) is 9.47 Å². The largest absolute Gasteiger partial charge is 0.493 e. The van der Waals surface area contributed by atoms with Crippen LogP contribution in [0, 0.1) is 5.82 Å². The zero-order valence-electron chi connectivity index (χ0n) is 18.8. The van der Waals surface area contributed by atoms with Gasteiger partial charge in [-0.25, -0.2) is 9.18 Å². The molecule has 0 saturated heterocycles. The third kappa shape index (κ3) is 5.28. The zero-order valence-corrected chi connectivity index (χ0v) is 18.8. The number of carbonyl (C=O) groups is 1. The number of fused-ring (bicyclic) bond motifs is 1. The molecule has 1 unspecified atom stereocenters. The van der Waals surface area contributed by atoms with Crippen molar-refractivity contribution in [3.05, 3.63) is 58.9 Å². The molecule has 0 fully saturated rings. The maximum absolute atomic E-state index is 13.4. The van der Waals surface area contributed by atoms with Gasteiger partial charge in [0, 0.05) is 24.1 Å². The van der Waals surface area contributed by atoms with Crippen LogP contribution >= 0.6 is 0 Å². The van der Waals surface area contributed by atoms with Gasteiger partial charge >= 0.3 is 6.03 Å². The van der Waals surface area contributed by atoms with Crippen LogP contribution in [0.3, 0.4) is 0 Å². The molecule has 2 amide bonds.